The fraction of sp³-hybridized carbons (Fsp3) is 0.176. The van der Waals surface area contributed by atoms with Crippen molar-refractivity contribution in [3.8, 4) is 22.8 Å². The summed E-state index contributed by atoms with van der Waals surface area (Å²) in [5.41, 5.74) is 3.07. The highest BCUT2D eigenvalue weighted by atomic mass is 32.1. The van der Waals surface area contributed by atoms with Gasteiger partial charge < -0.3 is 14.8 Å². The van der Waals surface area contributed by atoms with Gasteiger partial charge in [0.2, 0.25) is 0 Å². The van der Waals surface area contributed by atoms with Gasteiger partial charge in [-0.3, -0.25) is 0 Å². The van der Waals surface area contributed by atoms with Crippen LogP contribution in [0.1, 0.15) is 5.56 Å². The summed E-state index contributed by atoms with van der Waals surface area (Å²) >= 11 is 1.55. The highest BCUT2D eigenvalue weighted by Gasteiger charge is 2.14. The first kappa shape index (κ1) is 14.0. The smallest absolute Gasteiger partial charge is 0.188 e. The Balaban J connectivity index is 1.58. The lowest BCUT2D eigenvalue weighted by molar-refractivity contribution is 0.171. The van der Waals surface area contributed by atoms with Gasteiger partial charge in [0.05, 0.1) is 5.69 Å². The van der Waals surface area contributed by atoms with Crippen LogP contribution in [0.5, 0.6) is 11.5 Å². The van der Waals surface area contributed by atoms with E-state index in [9.17, 15) is 0 Å². The van der Waals surface area contributed by atoms with Crippen LogP contribution in [0.3, 0.4) is 0 Å². The van der Waals surface area contributed by atoms with Crippen LogP contribution in [0.15, 0.2) is 41.9 Å². The molecule has 2 aromatic heterocycles. The van der Waals surface area contributed by atoms with Crippen molar-refractivity contribution in [2.45, 2.75) is 6.92 Å². The number of anilines is 2. The first-order valence-electron chi connectivity index (χ1n) is 7.33. The highest BCUT2D eigenvalue weighted by Crippen LogP contribution is 2.35. The molecule has 1 aromatic carbocycles. The Morgan fingerprint density at radius 1 is 1.09 bits per heavy atom. The molecule has 0 fully saturated rings. The number of thiazole rings is 1. The number of aryl methyl sites for hydroxylation is 1. The Morgan fingerprint density at radius 2 is 1.96 bits per heavy atom. The topological polar surface area (TPSA) is 56.3 Å². The number of hydrogen-bond donors (Lipinski definition) is 1. The van der Waals surface area contributed by atoms with Crippen LogP contribution < -0.4 is 14.8 Å². The number of pyridine rings is 1. The molecule has 0 saturated heterocycles. The Morgan fingerprint density at radius 3 is 2.83 bits per heavy atom. The lowest BCUT2D eigenvalue weighted by Crippen LogP contribution is -2.15. The summed E-state index contributed by atoms with van der Waals surface area (Å²) in [5, 5.41) is 6.07. The molecular formula is C17H15N3O2S. The van der Waals surface area contributed by atoms with Gasteiger partial charge in [0.25, 0.3) is 0 Å². The summed E-state index contributed by atoms with van der Waals surface area (Å²) in [6.45, 7) is 3.22. The molecule has 0 saturated carbocycles. The van der Waals surface area contributed by atoms with Crippen LogP contribution in [0, 0.1) is 6.92 Å². The normalized spacial score (nSPS) is 12.9. The predicted octanol–water partition coefficient (Wildman–Crippen LogP) is 4.03. The van der Waals surface area contributed by atoms with Crippen molar-refractivity contribution in [2.24, 2.45) is 0 Å². The van der Waals surface area contributed by atoms with Crippen molar-refractivity contribution < 1.29 is 9.47 Å². The summed E-state index contributed by atoms with van der Waals surface area (Å²) in [4.78, 5) is 8.92. The number of fused-ring (bicyclic) bond motifs is 1. The van der Waals surface area contributed by atoms with Crippen LogP contribution in [0.2, 0.25) is 0 Å². The van der Waals surface area contributed by atoms with Gasteiger partial charge >= 0.3 is 0 Å². The number of benzene rings is 1. The van der Waals surface area contributed by atoms with Gasteiger partial charge in [-0.1, -0.05) is 0 Å². The Labute approximate surface area is 137 Å². The van der Waals surface area contributed by atoms with Crippen molar-refractivity contribution in [3.63, 3.8) is 0 Å². The van der Waals surface area contributed by atoms with E-state index in [1.807, 2.05) is 42.6 Å². The average Bonchev–Trinajstić information content (AvgIpc) is 3.03. The molecule has 0 unspecified atom stereocenters. The summed E-state index contributed by atoms with van der Waals surface area (Å²) in [5.74, 6) is 2.36. The van der Waals surface area contributed by atoms with Crippen LogP contribution in [0.4, 0.5) is 10.9 Å². The summed E-state index contributed by atoms with van der Waals surface area (Å²) in [6, 6.07) is 9.85. The molecule has 0 radical (unpaired) electrons. The third kappa shape index (κ3) is 2.98. The largest absolute Gasteiger partial charge is 0.486 e. The van der Waals surface area contributed by atoms with E-state index in [4.69, 9.17) is 9.47 Å². The number of rotatable bonds is 3. The molecule has 3 heterocycles. The third-order valence-corrected chi connectivity index (χ3v) is 4.25. The molecule has 0 spiro atoms. The minimum atomic E-state index is 0.583. The number of ether oxygens (including phenoxy) is 2. The molecule has 1 N–H and O–H groups in total. The number of nitrogens with one attached hydrogen (secondary N) is 1. The second-order valence-electron chi connectivity index (χ2n) is 5.24. The fourth-order valence-corrected chi connectivity index (χ4v) is 3.11. The van der Waals surface area contributed by atoms with Crippen molar-refractivity contribution >= 4 is 22.3 Å². The van der Waals surface area contributed by atoms with E-state index in [-0.39, 0.29) is 0 Å². The lowest BCUT2D eigenvalue weighted by Gasteiger charge is -2.18. The minimum absolute atomic E-state index is 0.583. The summed E-state index contributed by atoms with van der Waals surface area (Å²) < 4.78 is 11.2. The monoisotopic (exact) mass is 325 g/mol. The zero-order valence-corrected chi connectivity index (χ0v) is 13.4. The Bertz CT molecular complexity index is 847. The zero-order valence-electron chi connectivity index (χ0n) is 12.6. The average molecular weight is 325 g/mol. The summed E-state index contributed by atoms with van der Waals surface area (Å²) in [6.07, 6.45) is 1.78. The van der Waals surface area contributed by atoms with Gasteiger partial charge in [-0.25, -0.2) is 9.97 Å². The molecule has 5 nitrogen and oxygen atoms in total. The lowest BCUT2D eigenvalue weighted by atomic mass is 10.1. The van der Waals surface area contributed by atoms with E-state index < -0.39 is 0 Å². The Hall–Kier alpha value is -2.60. The summed E-state index contributed by atoms with van der Waals surface area (Å²) in [7, 11) is 0. The van der Waals surface area contributed by atoms with Crippen molar-refractivity contribution in [1.29, 1.82) is 0 Å². The van der Waals surface area contributed by atoms with Crippen molar-refractivity contribution in [1.82, 2.24) is 9.97 Å². The molecule has 0 aliphatic carbocycles. The van der Waals surface area contributed by atoms with Gasteiger partial charge in [-0.2, -0.15) is 0 Å². The standard InChI is InChI=1S/C17H15N3O2S/c1-11-4-5-18-16(8-11)20-17-19-13(10-23-17)12-2-3-14-15(9-12)22-7-6-21-14/h2-5,8-10H,6-7H2,1H3,(H,18,19,20). The molecule has 23 heavy (non-hydrogen) atoms. The highest BCUT2D eigenvalue weighted by molar-refractivity contribution is 7.14. The van der Waals surface area contributed by atoms with E-state index in [1.165, 1.54) is 0 Å². The van der Waals surface area contributed by atoms with Gasteiger partial charge in [-0.05, 0) is 42.8 Å². The van der Waals surface area contributed by atoms with Gasteiger partial charge in [0.15, 0.2) is 16.6 Å². The van der Waals surface area contributed by atoms with Crippen LogP contribution >= 0.6 is 11.3 Å². The molecule has 0 amide bonds. The molecule has 1 aliphatic rings. The molecule has 116 valence electrons. The second-order valence-corrected chi connectivity index (χ2v) is 6.10. The molecule has 3 aromatic rings. The van der Waals surface area contributed by atoms with Crippen LogP contribution in [-0.4, -0.2) is 23.2 Å². The van der Waals surface area contributed by atoms with Crippen LogP contribution in [-0.2, 0) is 0 Å². The fourth-order valence-electron chi connectivity index (χ4n) is 2.38. The van der Waals surface area contributed by atoms with Crippen molar-refractivity contribution in [3.05, 3.63) is 47.5 Å². The maximum Gasteiger partial charge on any atom is 0.188 e. The molecule has 0 bridgehead atoms. The molecule has 4 rings (SSSR count). The quantitative estimate of drug-likeness (QED) is 0.788. The number of aromatic nitrogens is 2. The van der Waals surface area contributed by atoms with Gasteiger partial charge in [0, 0.05) is 17.1 Å². The van der Waals surface area contributed by atoms with Crippen LogP contribution in [0.25, 0.3) is 11.3 Å². The van der Waals surface area contributed by atoms with E-state index in [0.29, 0.717) is 13.2 Å². The van der Waals surface area contributed by atoms with E-state index in [1.54, 1.807) is 17.5 Å². The first-order chi connectivity index (χ1) is 11.3. The second kappa shape index (κ2) is 5.89. The Kier molecular flexibility index (Phi) is 3.59. The van der Waals surface area contributed by atoms with E-state index in [0.717, 1.165) is 39.3 Å². The minimum Gasteiger partial charge on any atom is -0.486 e. The predicted molar refractivity (Wildman–Crippen MR) is 90.8 cm³/mol. The SMILES string of the molecule is Cc1ccnc(Nc2nc(-c3ccc4c(c3)OCCO4)cs2)c1. The third-order valence-electron chi connectivity index (χ3n) is 3.49. The zero-order chi connectivity index (χ0) is 15.6. The van der Waals surface area contributed by atoms with Crippen molar-refractivity contribution in [2.75, 3.05) is 18.5 Å². The number of nitrogens with zero attached hydrogens (tertiary/aromatic N) is 2. The molecule has 6 heteroatoms. The van der Waals surface area contributed by atoms with Gasteiger partial charge in [0.1, 0.15) is 19.0 Å². The van der Waals surface area contributed by atoms with E-state index in [2.05, 4.69) is 15.3 Å². The molecular weight excluding hydrogens is 310 g/mol. The van der Waals surface area contributed by atoms with Gasteiger partial charge in [-0.15, -0.1) is 11.3 Å². The maximum absolute atomic E-state index is 5.63. The molecule has 0 atom stereocenters. The molecule has 1 aliphatic heterocycles. The number of hydrogen-bond acceptors (Lipinski definition) is 6. The maximum atomic E-state index is 5.63. The van der Waals surface area contributed by atoms with E-state index >= 15 is 0 Å². The first-order valence-corrected chi connectivity index (χ1v) is 8.21.